The van der Waals surface area contributed by atoms with Crippen LogP contribution >= 0.6 is 0 Å². The molecule has 0 amide bonds. The quantitative estimate of drug-likeness (QED) is 0.590. The smallest absolute Gasteiger partial charge is 0.475 e. The van der Waals surface area contributed by atoms with Gasteiger partial charge in [-0.3, -0.25) is 4.68 Å². The number of carbonyl (C=O) groups is 2. The van der Waals surface area contributed by atoms with Crippen LogP contribution in [-0.4, -0.2) is 53.2 Å². The minimum absolute atomic E-state index is 0.0436. The van der Waals surface area contributed by atoms with Gasteiger partial charge < -0.3 is 15.2 Å². The van der Waals surface area contributed by atoms with Crippen molar-refractivity contribution >= 4 is 22.8 Å². The number of aliphatic carboxylic acids is 1. The molecule has 1 aromatic carbocycles. The summed E-state index contributed by atoms with van der Waals surface area (Å²) in [7, 11) is 1.25. The fourth-order valence-corrected chi connectivity index (χ4v) is 2.91. The minimum Gasteiger partial charge on any atom is -0.475 e. The Morgan fingerprint density at radius 2 is 1.86 bits per heavy atom. The maximum atomic E-state index is 14.2. The van der Waals surface area contributed by atoms with Gasteiger partial charge in [-0.05, 0) is 38.9 Å². The summed E-state index contributed by atoms with van der Waals surface area (Å²) in [5, 5.41) is 15.8. The Balaban J connectivity index is 0.000000345. The molecule has 11 heteroatoms. The molecular formula is C17H19F4N3O4. The van der Waals surface area contributed by atoms with E-state index in [-0.39, 0.29) is 11.6 Å². The highest BCUT2D eigenvalue weighted by Crippen LogP contribution is 2.28. The van der Waals surface area contributed by atoms with Crippen molar-refractivity contribution < 1.29 is 37.0 Å². The molecule has 0 aliphatic carbocycles. The summed E-state index contributed by atoms with van der Waals surface area (Å²) in [5.74, 6) is -3.99. The number of aryl methyl sites for hydroxylation is 1. The number of halogens is 4. The number of aromatic nitrogens is 2. The number of hydrogen-bond donors (Lipinski definition) is 2. The van der Waals surface area contributed by atoms with Gasteiger partial charge in [0.2, 0.25) is 0 Å². The van der Waals surface area contributed by atoms with Crippen LogP contribution in [0, 0.1) is 12.7 Å². The summed E-state index contributed by atoms with van der Waals surface area (Å²) in [5.41, 5.74) is 1.50. The first-order valence-electron chi connectivity index (χ1n) is 8.33. The van der Waals surface area contributed by atoms with Crippen LogP contribution in [0.4, 0.5) is 17.6 Å². The third-order valence-corrected chi connectivity index (χ3v) is 4.28. The third kappa shape index (κ3) is 4.77. The van der Waals surface area contributed by atoms with Crippen LogP contribution in [0.15, 0.2) is 12.1 Å². The number of esters is 1. The van der Waals surface area contributed by atoms with Crippen molar-refractivity contribution in [1.29, 1.82) is 0 Å². The van der Waals surface area contributed by atoms with Crippen LogP contribution in [0.1, 0.15) is 34.9 Å². The molecule has 0 unspecified atom stereocenters. The second-order valence-electron chi connectivity index (χ2n) is 6.15. The van der Waals surface area contributed by atoms with Gasteiger partial charge >= 0.3 is 18.1 Å². The summed E-state index contributed by atoms with van der Waals surface area (Å²) < 4.78 is 52.4. The lowest BCUT2D eigenvalue weighted by Gasteiger charge is -2.23. The Morgan fingerprint density at radius 3 is 2.36 bits per heavy atom. The van der Waals surface area contributed by atoms with Gasteiger partial charge in [0.15, 0.2) is 0 Å². The predicted molar refractivity (Wildman–Crippen MR) is 90.6 cm³/mol. The second-order valence-corrected chi connectivity index (χ2v) is 6.15. The largest absolute Gasteiger partial charge is 0.490 e. The van der Waals surface area contributed by atoms with Crippen LogP contribution in [0.25, 0.3) is 10.9 Å². The van der Waals surface area contributed by atoms with E-state index in [0.29, 0.717) is 0 Å². The Hall–Kier alpha value is -2.69. The fourth-order valence-electron chi connectivity index (χ4n) is 2.91. The number of ether oxygens (including phenoxy) is 1. The van der Waals surface area contributed by atoms with E-state index in [1.165, 1.54) is 19.2 Å². The molecule has 28 heavy (non-hydrogen) atoms. The number of benzene rings is 1. The van der Waals surface area contributed by atoms with Gasteiger partial charge in [-0.15, -0.1) is 0 Å². The Bertz CT molecular complexity index is 873. The molecule has 7 nitrogen and oxygen atoms in total. The number of nitrogens with one attached hydrogen (secondary N) is 1. The van der Waals surface area contributed by atoms with Gasteiger partial charge in [0.1, 0.15) is 5.82 Å². The number of piperidine rings is 1. The zero-order valence-electron chi connectivity index (χ0n) is 15.1. The Morgan fingerprint density at radius 1 is 1.29 bits per heavy atom. The van der Waals surface area contributed by atoms with Gasteiger partial charge in [-0.25, -0.2) is 14.0 Å². The number of hydrogen-bond acceptors (Lipinski definition) is 5. The van der Waals surface area contributed by atoms with Crippen LogP contribution in [0.5, 0.6) is 0 Å². The van der Waals surface area contributed by atoms with Crippen molar-refractivity contribution in [3.8, 4) is 0 Å². The number of rotatable bonds is 2. The zero-order chi connectivity index (χ0) is 21.1. The number of carbonyl (C=O) groups excluding carboxylic acids is 1. The number of fused-ring (bicyclic) bond motifs is 1. The third-order valence-electron chi connectivity index (χ3n) is 4.28. The Kier molecular flexibility index (Phi) is 6.60. The molecule has 2 aromatic rings. The van der Waals surface area contributed by atoms with Crippen LogP contribution in [0.3, 0.4) is 0 Å². The van der Waals surface area contributed by atoms with E-state index in [4.69, 9.17) is 9.90 Å². The first kappa shape index (κ1) is 21.6. The summed E-state index contributed by atoms with van der Waals surface area (Å²) in [6.07, 6.45) is -3.15. The van der Waals surface area contributed by atoms with Gasteiger partial charge in [0, 0.05) is 11.5 Å². The van der Waals surface area contributed by atoms with Crippen LogP contribution in [0.2, 0.25) is 0 Å². The molecule has 1 aliphatic rings. The standard InChI is InChI=1S/C15H18FN3O2.C2HF3O2/c1-9-11-7-12(15(20)21-2)13(16)8-14(11)19(18-9)10-3-5-17-6-4-10;3-2(4,5)1(6)7/h7-8,10,17H,3-6H2,1-2H3;(H,6,7). The van der Waals surface area contributed by atoms with Gasteiger partial charge in [-0.1, -0.05) is 0 Å². The average Bonchev–Trinajstić information content (AvgIpc) is 2.96. The number of carboxylic acids is 1. The molecular weight excluding hydrogens is 386 g/mol. The lowest BCUT2D eigenvalue weighted by Crippen LogP contribution is -2.29. The van der Waals surface area contributed by atoms with Gasteiger partial charge in [0.25, 0.3) is 0 Å². The average molecular weight is 405 g/mol. The van der Waals surface area contributed by atoms with Gasteiger partial charge in [-0.2, -0.15) is 18.3 Å². The van der Waals surface area contributed by atoms with Crippen LogP contribution < -0.4 is 5.32 Å². The van der Waals surface area contributed by atoms with Crippen molar-refractivity contribution in [1.82, 2.24) is 15.1 Å². The molecule has 0 radical (unpaired) electrons. The molecule has 1 saturated heterocycles. The van der Waals surface area contributed by atoms with E-state index in [1.807, 2.05) is 11.6 Å². The lowest BCUT2D eigenvalue weighted by molar-refractivity contribution is -0.192. The molecule has 0 atom stereocenters. The van der Waals surface area contributed by atoms with E-state index in [1.54, 1.807) is 0 Å². The first-order chi connectivity index (χ1) is 13.1. The maximum Gasteiger partial charge on any atom is 0.490 e. The van der Waals surface area contributed by atoms with Crippen molar-refractivity contribution in [2.24, 2.45) is 0 Å². The van der Waals surface area contributed by atoms with E-state index >= 15 is 0 Å². The molecule has 1 aliphatic heterocycles. The zero-order valence-corrected chi connectivity index (χ0v) is 15.1. The molecule has 1 aromatic heterocycles. The Labute approximate surface area is 157 Å². The number of alkyl halides is 3. The molecule has 0 bridgehead atoms. The van der Waals surface area contributed by atoms with Crippen molar-refractivity contribution in [2.75, 3.05) is 20.2 Å². The molecule has 0 saturated carbocycles. The van der Waals surface area contributed by atoms with E-state index < -0.39 is 23.9 Å². The second kappa shape index (κ2) is 8.55. The summed E-state index contributed by atoms with van der Waals surface area (Å²) in [6, 6.07) is 3.20. The molecule has 1 fully saturated rings. The highest BCUT2D eigenvalue weighted by atomic mass is 19.4. The van der Waals surface area contributed by atoms with E-state index in [9.17, 15) is 22.4 Å². The molecule has 2 heterocycles. The number of nitrogens with zero attached hydrogens (tertiary/aromatic N) is 2. The van der Waals surface area contributed by atoms with Gasteiger partial charge in [0.05, 0.1) is 29.9 Å². The fraction of sp³-hybridized carbons (Fsp3) is 0.471. The van der Waals surface area contributed by atoms with E-state index in [2.05, 4.69) is 15.2 Å². The normalized spacial score (nSPS) is 15.1. The lowest BCUT2D eigenvalue weighted by atomic mass is 10.1. The number of methoxy groups -OCH3 is 1. The molecule has 2 N–H and O–H groups in total. The first-order valence-corrected chi connectivity index (χ1v) is 8.33. The van der Waals surface area contributed by atoms with Crippen molar-refractivity contribution in [3.05, 3.63) is 29.2 Å². The van der Waals surface area contributed by atoms with Crippen molar-refractivity contribution in [2.45, 2.75) is 32.0 Å². The van der Waals surface area contributed by atoms with E-state index in [0.717, 1.165) is 42.5 Å². The maximum absolute atomic E-state index is 14.2. The predicted octanol–water partition coefficient (Wildman–Crippen LogP) is 2.83. The molecule has 3 rings (SSSR count). The van der Waals surface area contributed by atoms with Crippen LogP contribution in [-0.2, 0) is 9.53 Å². The molecule has 154 valence electrons. The molecule has 0 spiro atoms. The summed E-state index contributed by atoms with van der Waals surface area (Å²) in [6.45, 7) is 3.75. The monoisotopic (exact) mass is 405 g/mol. The highest BCUT2D eigenvalue weighted by Gasteiger charge is 2.38. The highest BCUT2D eigenvalue weighted by molar-refractivity contribution is 5.95. The SMILES string of the molecule is COC(=O)c1cc2c(C)nn(C3CCNCC3)c2cc1F.O=C(O)C(F)(F)F. The minimum atomic E-state index is -5.08. The summed E-state index contributed by atoms with van der Waals surface area (Å²) >= 11 is 0. The summed E-state index contributed by atoms with van der Waals surface area (Å²) in [4.78, 5) is 20.5. The topological polar surface area (TPSA) is 93.5 Å². The number of carboxylic acid groups (broad SMARTS) is 1. The van der Waals surface area contributed by atoms with Crippen molar-refractivity contribution in [3.63, 3.8) is 0 Å².